The Bertz CT molecular complexity index is 1070. The molecule has 2 heterocycles. The van der Waals surface area contributed by atoms with Crippen molar-refractivity contribution in [2.45, 2.75) is 18.6 Å². The molecule has 27 heavy (non-hydrogen) atoms. The van der Waals surface area contributed by atoms with E-state index in [1.807, 2.05) is 5.32 Å². The van der Waals surface area contributed by atoms with Gasteiger partial charge in [0.25, 0.3) is 11.5 Å². The summed E-state index contributed by atoms with van der Waals surface area (Å²) in [6.07, 6.45) is -5.40. The molecule has 2 amide bonds. The third kappa shape index (κ3) is 2.60. The number of carbonyl (C=O) groups excluding carboxylic acids is 2. The van der Waals surface area contributed by atoms with Crippen LogP contribution in [0.15, 0.2) is 33.9 Å². The molecule has 1 aliphatic rings. The van der Waals surface area contributed by atoms with Crippen molar-refractivity contribution in [3.63, 3.8) is 0 Å². The predicted molar refractivity (Wildman–Crippen MR) is 82.8 cm³/mol. The highest BCUT2D eigenvalue weighted by Gasteiger charge is 2.68. The van der Waals surface area contributed by atoms with Crippen LogP contribution in [-0.4, -0.2) is 27.5 Å². The van der Waals surface area contributed by atoms with Gasteiger partial charge in [-0.05, 0) is 24.3 Å². The molecule has 0 saturated heterocycles. The first kappa shape index (κ1) is 18.4. The van der Waals surface area contributed by atoms with Crippen LogP contribution in [0.5, 0.6) is 0 Å². The molecule has 3 N–H and O–H groups in total. The number of anilines is 1. The van der Waals surface area contributed by atoms with Crippen LogP contribution in [-0.2, 0) is 15.1 Å². The first-order valence-electron chi connectivity index (χ1n) is 7.31. The van der Waals surface area contributed by atoms with Crippen molar-refractivity contribution in [2.75, 3.05) is 5.32 Å². The second kappa shape index (κ2) is 5.79. The minimum absolute atomic E-state index is 0.116. The number of H-pyrrole nitrogens is 1. The number of aromatic nitrogens is 2. The van der Waals surface area contributed by atoms with Crippen LogP contribution in [0.4, 0.5) is 23.4 Å². The number of amides is 2. The quantitative estimate of drug-likeness (QED) is 0.653. The van der Waals surface area contributed by atoms with E-state index in [4.69, 9.17) is 0 Å². The van der Waals surface area contributed by atoms with Crippen LogP contribution < -0.4 is 21.9 Å². The minimum atomic E-state index is -5.40. The second-order valence-electron chi connectivity index (χ2n) is 5.68. The molecule has 0 saturated carbocycles. The Morgan fingerprint density at radius 2 is 1.74 bits per heavy atom. The van der Waals surface area contributed by atoms with Gasteiger partial charge in [0, 0.05) is 6.92 Å². The van der Waals surface area contributed by atoms with Crippen LogP contribution in [0.1, 0.15) is 12.5 Å². The lowest BCUT2D eigenvalue weighted by Crippen LogP contribution is -2.61. The molecule has 0 aliphatic carbocycles. The Balaban J connectivity index is 2.42. The van der Waals surface area contributed by atoms with E-state index in [0.29, 0.717) is 4.57 Å². The molecule has 1 aliphatic heterocycles. The number of benzene rings is 1. The van der Waals surface area contributed by atoms with Gasteiger partial charge >= 0.3 is 11.9 Å². The van der Waals surface area contributed by atoms with Gasteiger partial charge in [-0.2, -0.15) is 13.2 Å². The van der Waals surface area contributed by atoms with E-state index in [9.17, 15) is 36.7 Å². The van der Waals surface area contributed by atoms with Gasteiger partial charge in [-0.1, -0.05) is 0 Å². The molecule has 1 aromatic heterocycles. The van der Waals surface area contributed by atoms with E-state index in [0.717, 1.165) is 31.2 Å². The number of halogens is 4. The fraction of sp³-hybridized carbons (Fsp3) is 0.200. The van der Waals surface area contributed by atoms with Gasteiger partial charge < -0.3 is 10.6 Å². The Kier molecular flexibility index (Phi) is 3.94. The summed E-state index contributed by atoms with van der Waals surface area (Å²) >= 11 is 0. The number of nitrogens with zero attached hydrogens (tertiary/aromatic N) is 1. The largest absolute Gasteiger partial charge is 0.425 e. The standard InChI is InChI=1S/C15H10F4N4O4/c1-6(24)22-14(15(17,18)19)9-10(20-12(14)26)23(13(27)21-11(9)25)8-4-2-7(16)3-5-8/h2-5H,1H3,(H,20,26)(H,22,24)(H,21,25,27). The van der Waals surface area contributed by atoms with E-state index in [2.05, 4.69) is 0 Å². The molecule has 8 nitrogen and oxygen atoms in total. The number of hydrogen-bond acceptors (Lipinski definition) is 4. The van der Waals surface area contributed by atoms with Crippen molar-refractivity contribution >= 4 is 17.6 Å². The lowest BCUT2D eigenvalue weighted by atomic mass is 9.92. The van der Waals surface area contributed by atoms with Crippen LogP contribution in [0.2, 0.25) is 0 Å². The van der Waals surface area contributed by atoms with E-state index >= 15 is 0 Å². The summed E-state index contributed by atoms with van der Waals surface area (Å²) in [4.78, 5) is 49.7. The maximum Gasteiger partial charge on any atom is 0.425 e. The van der Waals surface area contributed by atoms with E-state index in [-0.39, 0.29) is 5.69 Å². The van der Waals surface area contributed by atoms with Crippen molar-refractivity contribution in [3.05, 3.63) is 56.5 Å². The van der Waals surface area contributed by atoms with Gasteiger partial charge in [-0.3, -0.25) is 19.4 Å². The molecule has 3 rings (SSSR count). The van der Waals surface area contributed by atoms with Gasteiger partial charge in [0.05, 0.1) is 5.69 Å². The fourth-order valence-electron chi connectivity index (χ4n) is 2.88. The Hall–Kier alpha value is -3.44. The summed E-state index contributed by atoms with van der Waals surface area (Å²) in [6.45, 7) is 0.739. The molecule has 0 fully saturated rings. The smallest absolute Gasteiger partial charge is 0.331 e. The lowest BCUT2D eigenvalue weighted by molar-refractivity contribution is -0.200. The zero-order valence-corrected chi connectivity index (χ0v) is 13.4. The average Bonchev–Trinajstić information content (AvgIpc) is 2.82. The van der Waals surface area contributed by atoms with Crippen LogP contribution in [0.3, 0.4) is 0 Å². The Labute approximate surface area is 146 Å². The summed E-state index contributed by atoms with van der Waals surface area (Å²) in [6, 6.07) is 3.99. The lowest BCUT2D eigenvalue weighted by Gasteiger charge is -2.29. The minimum Gasteiger partial charge on any atom is -0.331 e. The predicted octanol–water partition coefficient (Wildman–Crippen LogP) is 0.511. The third-order valence-electron chi connectivity index (χ3n) is 3.93. The zero-order chi connectivity index (χ0) is 20.1. The summed E-state index contributed by atoms with van der Waals surface area (Å²) in [5.74, 6) is -4.44. The molecule has 1 unspecified atom stereocenters. The fourth-order valence-corrected chi connectivity index (χ4v) is 2.88. The third-order valence-corrected chi connectivity index (χ3v) is 3.93. The van der Waals surface area contributed by atoms with E-state index < -0.39 is 52.0 Å². The number of rotatable bonds is 2. The molecule has 0 radical (unpaired) electrons. The molecular formula is C15H10F4N4O4. The molecule has 1 aromatic carbocycles. The molecular weight excluding hydrogens is 376 g/mol. The highest BCUT2D eigenvalue weighted by atomic mass is 19.4. The van der Waals surface area contributed by atoms with E-state index in [1.165, 1.54) is 5.32 Å². The zero-order valence-electron chi connectivity index (χ0n) is 13.4. The molecule has 0 bridgehead atoms. The van der Waals surface area contributed by atoms with E-state index in [1.54, 1.807) is 4.98 Å². The first-order chi connectivity index (χ1) is 12.5. The molecule has 1 atom stereocenters. The van der Waals surface area contributed by atoms with Crippen molar-refractivity contribution in [3.8, 4) is 5.69 Å². The maximum absolute atomic E-state index is 13.8. The van der Waals surface area contributed by atoms with Crippen LogP contribution in [0, 0.1) is 5.82 Å². The second-order valence-corrected chi connectivity index (χ2v) is 5.68. The van der Waals surface area contributed by atoms with Crippen molar-refractivity contribution in [1.29, 1.82) is 0 Å². The Morgan fingerprint density at radius 3 is 2.26 bits per heavy atom. The summed E-state index contributed by atoms with van der Waals surface area (Å²) in [5.41, 5.74) is -7.66. The number of hydrogen-bond donors (Lipinski definition) is 3. The van der Waals surface area contributed by atoms with Gasteiger partial charge in [0.2, 0.25) is 11.4 Å². The van der Waals surface area contributed by atoms with Crippen molar-refractivity contribution in [2.24, 2.45) is 0 Å². The number of carbonyl (C=O) groups is 2. The SMILES string of the molecule is CC(=O)NC1(C(F)(F)F)C(=O)Nc2c1c(=O)[nH]c(=O)n2-c1ccc(F)cc1. The summed E-state index contributed by atoms with van der Waals surface area (Å²) in [7, 11) is 0. The highest BCUT2D eigenvalue weighted by Crippen LogP contribution is 2.45. The Morgan fingerprint density at radius 1 is 1.15 bits per heavy atom. The monoisotopic (exact) mass is 386 g/mol. The number of fused-ring (bicyclic) bond motifs is 1. The highest BCUT2D eigenvalue weighted by molar-refractivity contribution is 6.07. The molecule has 2 aromatic rings. The number of alkyl halides is 3. The number of nitrogens with one attached hydrogen (secondary N) is 3. The average molecular weight is 386 g/mol. The van der Waals surface area contributed by atoms with Crippen molar-refractivity contribution in [1.82, 2.24) is 14.9 Å². The summed E-state index contributed by atoms with van der Waals surface area (Å²) < 4.78 is 55.1. The summed E-state index contributed by atoms with van der Waals surface area (Å²) in [5, 5.41) is 3.32. The topological polar surface area (TPSA) is 113 Å². The van der Waals surface area contributed by atoms with Crippen LogP contribution in [0.25, 0.3) is 5.69 Å². The van der Waals surface area contributed by atoms with Gasteiger partial charge in [-0.25, -0.2) is 13.8 Å². The molecule has 12 heteroatoms. The van der Waals surface area contributed by atoms with Gasteiger partial charge in [0.1, 0.15) is 17.2 Å². The molecule has 0 spiro atoms. The normalized spacial score (nSPS) is 18.8. The maximum atomic E-state index is 13.8. The number of aromatic amines is 1. The van der Waals surface area contributed by atoms with Crippen molar-refractivity contribution < 1.29 is 27.2 Å². The van der Waals surface area contributed by atoms with Gasteiger partial charge in [0.15, 0.2) is 0 Å². The molecule has 142 valence electrons. The van der Waals surface area contributed by atoms with Gasteiger partial charge in [-0.15, -0.1) is 0 Å². The van der Waals surface area contributed by atoms with Crippen LogP contribution >= 0.6 is 0 Å². The first-order valence-corrected chi connectivity index (χ1v) is 7.31.